The van der Waals surface area contributed by atoms with Crippen LogP contribution in [0.15, 0.2) is 0 Å². The summed E-state index contributed by atoms with van der Waals surface area (Å²) < 4.78 is 5.10. The molecule has 2 N–H and O–H groups in total. The molecule has 0 rings (SSSR count). The molecule has 0 saturated heterocycles. The number of ether oxygens (including phenoxy) is 1. The molecule has 3 nitrogen and oxygen atoms in total. The molecule has 0 aliphatic carbocycles. The molecule has 1 atom stereocenters. The SMILES string of the molecule is CC(C)C(N)C(=O)OC(C)(C)C.[Cl-]. The fraction of sp³-hybridized carbons (Fsp3) is 0.889. The van der Waals surface area contributed by atoms with Crippen LogP contribution in [-0.4, -0.2) is 17.6 Å². The molecule has 0 aromatic rings. The van der Waals surface area contributed by atoms with Crippen LogP contribution in [0.3, 0.4) is 0 Å². The van der Waals surface area contributed by atoms with Crippen LogP contribution in [0.2, 0.25) is 0 Å². The second-order valence-corrected chi connectivity index (χ2v) is 4.30. The maximum Gasteiger partial charge on any atom is 0.323 e. The second-order valence-electron chi connectivity index (χ2n) is 4.30. The van der Waals surface area contributed by atoms with Crippen molar-refractivity contribution < 1.29 is 21.9 Å². The lowest BCUT2D eigenvalue weighted by Crippen LogP contribution is -3.00. The Labute approximate surface area is 86.4 Å². The number of rotatable bonds is 2. The van der Waals surface area contributed by atoms with Gasteiger partial charge in [0.1, 0.15) is 11.6 Å². The molecule has 0 spiro atoms. The van der Waals surface area contributed by atoms with Crippen molar-refractivity contribution in [1.29, 1.82) is 0 Å². The van der Waals surface area contributed by atoms with E-state index in [4.69, 9.17) is 10.5 Å². The third kappa shape index (κ3) is 6.84. The molecule has 0 aliphatic rings. The molecule has 0 aromatic carbocycles. The second kappa shape index (κ2) is 5.45. The summed E-state index contributed by atoms with van der Waals surface area (Å²) in [5.41, 5.74) is 5.15. The van der Waals surface area contributed by atoms with Crippen molar-refractivity contribution in [1.82, 2.24) is 0 Å². The van der Waals surface area contributed by atoms with E-state index in [2.05, 4.69) is 0 Å². The first-order chi connectivity index (χ1) is 5.24. The molecule has 1 unspecified atom stereocenters. The van der Waals surface area contributed by atoms with Crippen LogP contribution in [0, 0.1) is 5.92 Å². The van der Waals surface area contributed by atoms with Gasteiger partial charge in [-0.2, -0.15) is 0 Å². The van der Waals surface area contributed by atoms with Gasteiger partial charge in [-0.05, 0) is 26.7 Å². The van der Waals surface area contributed by atoms with E-state index < -0.39 is 11.6 Å². The monoisotopic (exact) mass is 208 g/mol. The first kappa shape index (κ1) is 15.2. The van der Waals surface area contributed by atoms with Crippen molar-refractivity contribution in [2.24, 2.45) is 11.7 Å². The molecule has 0 bridgehead atoms. The Bertz CT molecular complexity index is 163. The van der Waals surface area contributed by atoms with Gasteiger partial charge in [0.05, 0.1) is 0 Å². The molecule has 4 heteroatoms. The van der Waals surface area contributed by atoms with E-state index in [0.717, 1.165) is 0 Å². The Balaban J connectivity index is 0. The van der Waals surface area contributed by atoms with Crippen LogP contribution >= 0.6 is 0 Å². The Morgan fingerprint density at radius 2 is 1.69 bits per heavy atom. The van der Waals surface area contributed by atoms with E-state index in [1.165, 1.54) is 0 Å². The lowest BCUT2D eigenvalue weighted by atomic mass is 10.1. The highest BCUT2D eigenvalue weighted by molar-refractivity contribution is 5.76. The number of nitrogens with two attached hydrogens (primary N) is 1. The van der Waals surface area contributed by atoms with Gasteiger partial charge < -0.3 is 22.9 Å². The predicted molar refractivity (Wildman–Crippen MR) is 48.7 cm³/mol. The van der Waals surface area contributed by atoms with E-state index in [1.54, 1.807) is 0 Å². The lowest BCUT2D eigenvalue weighted by Gasteiger charge is -2.23. The molecular formula is C9H19ClNO2-. The highest BCUT2D eigenvalue weighted by Crippen LogP contribution is 2.10. The van der Waals surface area contributed by atoms with E-state index in [9.17, 15) is 4.79 Å². The molecule has 13 heavy (non-hydrogen) atoms. The largest absolute Gasteiger partial charge is 1.00 e. The number of carbonyl (C=O) groups excluding carboxylic acids is 1. The molecular weight excluding hydrogens is 190 g/mol. The fourth-order valence-corrected chi connectivity index (χ4v) is 0.642. The van der Waals surface area contributed by atoms with Gasteiger partial charge in [0.15, 0.2) is 0 Å². The van der Waals surface area contributed by atoms with Gasteiger partial charge in [-0.25, -0.2) is 0 Å². The third-order valence-electron chi connectivity index (χ3n) is 1.40. The smallest absolute Gasteiger partial charge is 0.323 e. The topological polar surface area (TPSA) is 52.3 Å². The Kier molecular flexibility index (Phi) is 6.37. The van der Waals surface area contributed by atoms with Gasteiger partial charge in [-0.3, -0.25) is 4.79 Å². The van der Waals surface area contributed by atoms with Crippen LogP contribution in [0.1, 0.15) is 34.6 Å². The summed E-state index contributed by atoms with van der Waals surface area (Å²) in [5.74, 6) is -0.197. The van der Waals surface area contributed by atoms with Crippen LogP contribution in [0.25, 0.3) is 0 Å². The average Bonchev–Trinajstić information content (AvgIpc) is 1.82. The fourth-order valence-electron chi connectivity index (χ4n) is 0.642. The normalized spacial score (nSPS) is 13.5. The van der Waals surface area contributed by atoms with Crippen molar-refractivity contribution >= 4 is 5.97 Å². The number of hydrogen-bond acceptors (Lipinski definition) is 3. The molecule has 0 aromatic heterocycles. The average molecular weight is 209 g/mol. The summed E-state index contributed by atoms with van der Waals surface area (Å²) in [4.78, 5) is 11.3. The molecule has 0 saturated carbocycles. The maximum absolute atomic E-state index is 11.3. The molecule has 80 valence electrons. The van der Waals surface area contributed by atoms with Crippen molar-refractivity contribution in [3.05, 3.63) is 0 Å². The molecule has 0 fully saturated rings. The Morgan fingerprint density at radius 3 is 1.92 bits per heavy atom. The summed E-state index contributed by atoms with van der Waals surface area (Å²) in [6.45, 7) is 9.29. The predicted octanol–water partition coefficient (Wildman–Crippen LogP) is -1.68. The zero-order valence-corrected chi connectivity index (χ0v) is 9.68. The highest BCUT2D eigenvalue weighted by Gasteiger charge is 2.23. The number of esters is 1. The van der Waals surface area contributed by atoms with Crippen molar-refractivity contribution in [2.45, 2.75) is 46.3 Å². The van der Waals surface area contributed by atoms with Gasteiger partial charge in [0, 0.05) is 0 Å². The minimum absolute atomic E-state index is 0. The van der Waals surface area contributed by atoms with Crippen LogP contribution < -0.4 is 18.1 Å². The van der Waals surface area contributed by atoms with Crippen LogP contribution in [0.4, 0.5) is 0 Å². The summed E-state index contributed by atoms with van der Waals surface area (Å²) in [6, 6.07) is -0.510. The summed E-state index contributed by atoms with van der Waals surface area (Å²) >= 11 is 0. The van der Waals surface area contributed by atoms with E-state index in [-0.39, 0.29) is 24.3 Å². The van der Waals surface area contributed by atoms with Gasteiger partial charge in [-0.15, -0.1) is 0 Å². The minimum atomic E-state index is -0.510. The van der Waals surface area contributed by atoms with E-state index in [0.29, 0.717) is 0 Å². The maximum atomic E-state index is 11.3. The zero-order chi connectivity index (χ0) is 9.94. The van der Waals surface area contributed by atoms with E-state index in [1.807, 2.05) is 34.6 Å². The van der Waals surface area contributed by atoms with Gasteiger partial charge in [0.25, 0.3) is 0 Å². The van der Waals surface area contributed by atoms with Crippen molar-refractivity contribution in [3.63, 3.8) is 0 Å². The molecule has 0 aliphatic heterocycles. The van der Waals surface area contributed by atoms with Crippen molar-refractivity contribution in [3.8, 4) is 0 Å². The molecule has 0 amide bonds. The number of halogens is 1. The van der Waals surface area contributed by atoms with Gasteiger partial charge in [0.2, 0.25) is 0 Å². The van der Waals surface area contributed by atoms with Crippen LogP contribution in [-0.2, 0) is 9.53 Å². The first-order valence-corrected chi connectivity index (χ1v) is 4.22. The van der Waals surface area contributed by atoms with Crippen molar-refractivity contribution in [2.75, 3.05) is 0 Å². The summed E-state index contributed by atoms with van der Waals surface area (Å²) in [7, 11) is 0. The Morgan fingerprint density at radius 1 is 1.31 bits per heavy atom. The molecule has 0 radical (unpaired) electrons. The molecule has 0 heterocycles. The summed E-state index contributed by atoms with van der Waals surface area (Å²) in [6.07, 6.45) is 0. The Hall–Kier alpha value is -0.280. The third-order valence-corrected chi connectivity index (χ3v) is 1.40. The number of hydrogen-bond donors (Lipinski definition) is 1. The minimum Gasteiger partial charge on any atom is -1.00 e. The highest BCUT2D eigenvalue weighted by atomic mass is 35.5. The summed E-state index contributed by atoms with van der Waals surface area (Å²) in [5, 5.41) is 0. The number of carbonyl (C=O) groups is 1. The van der Waals surface area contributed by atoms with Crippen LogP contribution in [0.5, 0.6) is 0 Å². The van der Waals surface area contributed by atoms with Gasteiger partial charge >= 0.3 is 5.97 Å². The van der Waals surface area contributed by atoms with Gasteiger partial charge in [-0.1, -0.05) is 13.8 Å². The first-order valence-electron chi connectivity index (χ1n) is 4.22. The standard InChI is InChI=1S/C9H19NO2.ClH/c1-6(2)7(10)8(11)12-9(3,4)5;/h6-7H,10H2,1-5H3;1H/p-1. The van der Waals surface area contributed by atoms with E-state index >= 15 is 0 Å². The quantitative estimate of drug-likeness (QED) is 0.552. The lowest BCUT2D eigenvalue weighted by molar-refractivity contribution is -0.157. The zero-order valence-electron chi connectivity index (χ0n) is 8.93.